The Kier molecular flexibility index (Phi) is 3.52. The number of carboxylic acids is 1. The van der Waals surface area contributed by atoms with E-state index in [4.69, 9.17) is 9.84 Å². The number of ether oxygens (including phenoxy) is 1. The normalized spacial score (nSPS) is 10.1. The summed E-state index contributed by atoms with van der Waals surface area (Å²) < 4.78 is 5.49. The number of hydrogen-bond acceptors (Lipinski definition) is 4. The molecule has 2 heterocycles. The Morgan fingerprint density at radius 2 is 2.17 bits per heavy atom. The maximum absolute atomic E-state index is 10.6. The smallest absolute Gasteiger partial charge is 0.354 e. The van der Waals surface area contributed by atoms with Crippen LogP contribution in [0.15, 0.2) is 36.7 Å². The Hall–Kier alpha value is -2.43. The van der Waals surface area contributed by atoms with Gasteiger partial charge in [0.15, 0.2) is 0 Å². The van der Waals surface area contributed by atoms with Crippen molar-refractivity contribution in [2.45, 2.75) is 13.5 Å². The van der Waals surface area contributed by atoms with Crippen molar-refractivity contribution < 1.29 is 14.6 Å². The lowest BCUT2D eigenvalue weighted by atomic mass is 10.2. The minimum atomic E-state index is -1.05. The van der Waals surface area contributed by atoms with Gasteiger partial charge in [0.25, 0.3) is 0 Å². The van der Waals surface area contributed by atoms with Crippen LogP contribution in [0.1, 0.15) is 21.7 Å². The third-order valence-electron chi connectivity index (χ3n) is 2.45. The summed E-state index contributed by atoms with van der Waals surface area (Å²) in [6.45, 7) is 2.29. The molecule has 0 bridgehead atoms. The van der Waals surface area contributed by atoms with Gasteiger partial charge in [0.05, 0.1) is 11.9 Å². The third-order valence-corrected chi connectivity index (χ3v) is 2.45. The number of aromatic nitrogens is 2. The Labute approximate surface area is 104 Å². The van der Waals surface area contributed by atoms with Gasteiger partial charge in [-0.25, -0.2) is 9.78 Å². The van der Waals surface area contributed by atoms with E-state index in [1.807, 2.05) is 19.1 Å². The van der Waals surface area contributed by atoms with E-state index in [2.05, 4.69) is 9.97 Å². The topological polar surface area (TPSA) is 72.3 Å². The fraction of sp³-hybridized carbons (Fsp3) is 0.154. The molecule has 0 aliphatic heterocycles. The Morgan fingerprint density at radius 1 is 1.33 bits per heavy atom. The molecule has 5 nitrogen and oxygen atoms in total. The first-order valence-corrected chi connectivity index (χ1v) is 5.39. The number of aromatic carboxylic acids is 1. The predicted molar refractivity (Wildman–Crippen MR) is 64.5 cm³/mol. The molecule has 2 rings (SSSR count). The molecular weight excluding hydrogens is 232 g/mol. The zero-order valence-corrected chi connectivity index (χ0v) is 9.83. The van der Waals surface area contributed by atoms with E-state index in [-0.39, 0.29) is 5.69 Å². The molecule has 0 spiro atoms. The summed E-state index contributed by atoms with van der Waals surface area (Å²) in [5.74, 6) is -0.535. The van der Waals surface area contributed by atoms with Gasteiger partial charge in [-0.2, -0.15) is 0 Å². The van der Waals surface area contributed by atoms with E-state index < -0.39 is 5.97 Å². The molecule has 0 aliphatic carbocycles. The lowest BCUT2D eigenvalue weighted by molar-refractivity contribution is 0.0690. The lowest BCUT2D eigenvalue weighted by Crippen LogP contribution is -2.02. The molecular formula is C13H12N2O3. The van der Waals surface area contributed by atoms with Crippen LogP contribution in [0.2, 0.25) is 0 Å². The molecule has 0 aliphatic rings. The van der Waals surface area contributed by atoms with E-state index in [0.717, 1.165) is 11.3 Å². The van der Waals surface area contributed by atoms with Crippen molar-refractivity contribution in [3.8, 4) is 5.75 Å². The SMILES string of the molecule is Cc1cccnc1COc1ccc(C(=O)O)nc1. The van der Waals surface area contributed by atoms with Gasteiger partial charge in [-0.15, -0.1) is 0 Å². The van der Waals surface area contributed by atoms with Crippen molar-refractivity contribution in [2.24, 2.45) is 0 Å². The van der Waals surface area contributed by atoms with Gasteiger partial charge >= 0.3 is 5.97 Å². The average molecular weight is 244 g/mol. The summed E-state index contributed by atoms with van der Waals surface area (Å²) in [6, 6.07) is 6.80. The van der Waals surface area contributed by atoms with E-state index >= 15 is 0 Å². The van der Waals surface area contributed by atoms with E-state index in [1.165, 1.54) is 12.3 Å². The van der Waals surface area contributed by atoms with Crippen molar-refractivity contribution >= 4 is 5.97 Å². The lowest BCUT2D eigenvalue weighted by Gasteiger charge is -2.07. The van der Waals surface area contributed by atoms with Crippen LogP contribution >= 0.6 is 0 Å². The predicted octanol–water partition coefficient (Wildman–Crippen LogP) is 2.06. The number of nitrogens with zero attached hydrogens (tertiary/aromatic N) is 2. The third kappa shape index (κ3) is 2.82. The molecule has 0 saturated heterocycles. The molecule has 2 aromatic heterocycles. The molecule has 0 atom stereocenters. The van der Waals surface area contributed by atoms with E-state index in [9.17, 15) is 4.79 Å². The first-order chi connectivity index (χ1) is 8.66. The minimum Gasteiger partial charge on any atom is -0.486 e. The van der Waals surface area contributed by atoms with Crippen LogP contribution in [-0.4, -0.2) is 21.0 Å². The summed E-state index contributed by atoms with van der Waals surface area (Å²) in [7, 11) is 0. The molecule has 5 heteroatoms. The van der Waals surface area contributed by atoms with Gasteiger partial charge in [-0.1, -0.05) is 6.07 Å². The standard InChI is InChI=1S/C13H12N2O3/c1-9-3-2-6-14-12(9)8-18-10-4-5-11(13(16)17)15-7-10/h2-7H,8H2,1H3,(H,16,17). The maximum atomic E-state index is 10.6. The van der Waals surface area contributed by atoms with Crippen molar-refractivity contribution in [1.29, 1.82) is 0 Å². The molecule has 0 aromatic carbocycles. The van der Waals surface area contributed by atoms with Crippen LogP contribution in [-0.2, 0) is 6.61 Å². The second-order valence-corrected chi connectivity index (χ2v) is 3.74. The average Bonchev–Trinajstić information content (AvgIpc) is 2.38. The molecule has 2 aromatic rings. The van der Waals surface area contributed by atoms with E-state index in [1.54, 1.807) is 12.3 Å². The van der Waals surface area contributed by atoms with Gasteiger partial charge in [-0.05, 0) is 30.7 Å². The number of pyridine rings is 2. The van der Waals surface area contributed by atoms with Gasteiger partial charge in [-0.3, -0.25) is 4.98 Å². The second kappa shape index (κ2) is 5.27. The van der Waals surface area contributed by atoms with Crippen LogP contribution < -0.4 is 4.74 Å². The molecule has 0 unspecified atom stereocenters. The summed E-state index contributed by atoms with van der Waals surface area (Å²) in [5, 5.41) is 8.71. The summed E-state index contributed by atoms with van der Waals surface area (Å²) in [4.78, 5) is 18.6. The second-order valence-electron chi connectivity index (χ2n) is 3.74. The Bertz CT molecular complexity index is 552. The number of carbonyl (C=O) groups is 1. The molecule has 92 valence electrons. The highest BCUT2D eigenvalue weighted by atomic mass is 16.5. The fourth-order valence-corrected chi connectivity index (χ4v) is 1.41. The quantitative estimate of drug-likeness (QED) is 0.891. The molecule has 0 saturated carbocycles. The van der Waals surface area contributed by atoms with E-state index in [0.29, 0.717) is 12.4 Å². The van der Waals surface area contributed by atoms with Crippen molar-refractivity contribution in [3.63, 3.8) is 0 Å². The first kappa shape index (κ1) is 12.0. The molecule has 18 heavy (non-hydrogen) atoms. The van der Waals surface area contributed by atoms with Gasteiger partial charge in [0, 0.05) is 6.20 Å². The summed E-state index contributed by atoms with van der Waals surface area (Å²) in [6.07, 6.45) is 3.10. The van der Waals surface area contributed by atoms with Gasteiger partial charge < -0.3 is 9.84 Å². The van der Waals surface area contributed by atoms with Crippen molar-refractivity contribution in [3.05, 3.63) is 53.6 Å². The van der Waals surface area contributed by atoms with Gasteiger partial charge in [0.2, 0.25) is 0 Å². The highest BCUT2D eigenvalue weighted by Crippen LogP contribution is 2.12. The highest BCUT2D eigenvalue weighted by molar-refractivity contribution is 5.85. The Balaban J connectivity index is 2.02. The largest absolute Gasteiger partial charge is 0.486 e. The fourth-order valence-electron chi connectivity index (χ4n) is 1.41. The number of carboxylic acid groups (broad SMARTS) is 1. The molecule has 1 N–H and O–H groups in total. The van der Waals surface area contributed by atoms with Gasteiger partial charge in [0.1, 0.15) is 18.1 Å². The summed E-state index contributed by atoms with van der Waals surface area (Å²) >= 11 is 0. The van der Waals surface area contributed by atoms with Crippen LogP contribution in [0.25, 0.3) is 0 Å². The highest BCUT2D eigenvalue weighted by Gasteiger charge is 2.05. The number of aryl methyl sites for hydroxylation is 1. The minimum absolute atomic E-state index is 0.00336. The summed E-state index contributed by atoms with van der Waals surface area (Å²) in [5.41, 5.74) is 1.89. The molecule has 0 radical (unpaired) electrons. The van der Waals surface area contributed by atoms with Crippen LogP contribution in [0.4, 0.5) is 0 Å². The maximum Gasteiger partial charge on any atom is 0.354 e. The Morgan fingerprint density at radius 3 is 2.78 bits per heavy atom. The first-order valence-electron chi connectivity index (χ1n) is 5.39. The van der Waals surface area contributed by atoms with Crippen LogP contribution in [0.5, 0.6) is 5.75 Å². The molecule has 0 amide bonds. The van der Waals surface area contributed by atoms with Crippen molar-refractivity contribution in [2.75, 3.05) is 0 Å². The van der Waals surface area contributed by atoms with Crippen molar-refractivity contribution in [1.82, 2.24) is 9.97 Å². The monoisotopic (exact) mass is 244 g/mol. The number of hydrogen-bond donors (Lipinski definition) is 1. The van der Waals surface area contributed by atoms with Crippen LogP contribution in [0, 0.1) is 6.92 Å². The molecule has 0 fully saturated rings. The van der Waals surface area contributed by atoms with Crippen LogP contribution in [0.3, 0.4) is 0 Å². The zero-order valence-electron chi connectivity index (χ0n) is 9.83. The zero-order chi connectivity index (χ0) is 13.0. The number of rotatable bonds is 4.